The van der Waals surface area contributed by atoms with E-state index in [1.165, 1.54) is 7.05 Å². The summed E-state index contributed by atoms with van der Waals surface area (Å²) in [4.78, 5) is 0.426. The lowest BCUT2D eigenvalue weighted by Gasteiger charge is -2.10. The monoisotopic (exact) mass is 311 g/mol. The van der Waals surface area contributed by atoms with E-state index >= 15 is 0 Å². The van der Waals surface area contributed by atoms with Crippen LogP contribution in [0.15, 0.2) is 39.4 Å². The van der Waals surface area contributed by atoms with Gasteiger partial charge in [-0.25, -0.2) is 5.26 Å². The van der Waals surface area contributed by atoms with Crippen LogP contribution in [0.1, 0.15) is 13.8 Å². The quantitative estimate of drug-likeness (QED) is 0.255. The number of benzene rings is 2. The minimum Gasteiger partial charge on any atom is -0.505 e. The molecule has 0 aromatic heterocycles. The zero-order valence-corrected chi connectivity index (χ0v) is 12.7. The van der Waals surface area contributed by atoms with Gasteiger partial charge in [0, 0.05) is 18.1 Å². The topological polar surface area (TPSA) is 110 Å². The van der Waals surface area contributed by atoms with Crippen molar-refractivity contribution in [3.05, 3.63) is 24.3 Å². The maximum Gasteiger partial charge on any atom is 0.154 e. The number of anilines is 1. The Morgan fingerprint density at radius 2 is 2.00 bits per heavy atom. The molecule has 0 fully saturated rings. The standard InChI is InChI=1S/C11H11N3O4S.C2H6/c1-13-14-10-8(19-18-17-16)5-6-3-2-4-7(12)9(6)11(10)15;1-2/h2-5,15-16H,12H2,1H3;1-2H3. The number of hydrogen-bond donors (Lipinski definition) is 3. The van der Waals surface area contributed by atoms with Crippen LogP contribution in [0, 0.1) is 0 Å². The third-order valence-corrected chi connectivity index (χ3v) is 3.08. The Hall–Kier alpha value is -1.87. The van der Waals surface area contributed by atoms with E-state index in [-0.39, 0.29) is 11.4 Å². The molecule has 21 heavy (non-hydrogen) atoms. The number of phenolic OH excluding ortho intramolecular Hbond substituents is 1. The van der Waals surface area contributed by atoms with Crippen molar-refractivity contribution in [3.63, 3.8) is 0 Å². The molecule has 7 nitrogen and oxygen atoms in total. The van der Waals surface area contributed by atoms with Gasteiger partial charge >= 0.3 is 0 Å². The molecule has 0 saturated heterocycles. The Morgan fingerprint density at radius 3 is 2.62 bits per heavy atom. The molecule has 0 heterocycles. The van der Waals surface area contributed by atoms with Crippen LogP contribution < -0.4 is 5.73 Å². The van der Waals surface area contributed by atoms with E-state index in [4.69, 9.17) is 11.0 Å². The molecule has 0 radical (unpaired) electrons. The minimum atomic E-state index is -0.106. The number of azo groups is 1. The molecular formula is C13H17N3O4S. The predicted octanol–water partition coefficient (Wildman–Crippen LogP) is 4.30. The van der Waals surface area contributed by atoms with Crippen LogP contribution in [0.25, 0.3) is 10.8 Å². The molecule has 0 aliphatic heterocycles. The highest BCUT2D eigenvalue weighted by atomic mass is 32.2. The lowest BCUT2D eigenvalue weighted by atomic mass is 10.1. The van der Waals surface area contributed by atoms with E-state index in [2.05, 4.69) is 19.6 Å². The summed E-state index contributed by atoms with van der Waals surface area (Å²) >= 11 is 0.695. The molecule has 0 aliphatic carbocycles. The Kier molecular flexibility index (Phi) is 6.89. The maximum absolute atomic E-state index is 10.2. The molecule has 0 unspecified atom stereocenters. The number of hydrogen-bond acceptors (Lipinski definition) is 8. The van der Waals surface area contributed by atoms with Crippen LogP contribution in [-0.2, 0) is 9.37 Å². The van der Waals surface area contributed by atoms with Gasteiger partial charge in [0.15, 0.2) is 5.75 Å². The van der Waals surface area contributed by atoms with Crippen LogP contribution >= 0.6 is 12.0 Å². The van der Waals surface area contributed by atoms with Crippen LogP contribution in [0.2, 0.25) is 0 Å². The second kappa shape index (κ2) is 8.42. The number of phenols is 1. The highest BCUT2D eigenvalue weighted by Crippen LogP contribution is 2.45. The SMILES string of the molecule is CC.CN=Nc1c(SOOO)cc2cccc(N)c2c1O. The Morgan fingerprint density at radius 1 is 1.29 bits per heavy atom. The smallest absolute Gasteiger partial charge is 0.154 e. The van der Waals surface area contributed by atoms with Gasteiger partial charge in [-0.1, -0.05) is 31.0 Å². The van der Waals surface area contributed by atoms with Crippen LogP contribution in [-0.4, -0.2) is 17.4 Å². The zero-order chi connectivity index (χ0) is 15.8. The number of nitrogen functional groups attached to an aromatic ring is 1. The number of nitrogens with zero attached hydrogens (tertiary/aromatic N) is 2. The van der Waals surface area contributed by atoms with E-state index in [0.29, 0.717) is 33.4 Å². The van der Waals surface area contributed by atoms with E-state index in [0.717, 1.165) is 0 Å². The Balaban J connectivity index is 0.00000106. The van der Waals surface area contributed by atoms with Crippen molar-refractivity contribution >= 4 is 34.2 Å². The lowest BCUT2D eigenvalue weighted by molar-refractivity contribution is -0.432. The van der Waals surface area contributed by atoms with E-state index < -0.39 is 0 Å². The summed E-state index contributed by atoms with van der Waals surface area (Å²) in [5.41, 5.74) is 6.46. The van der Waals surface area contributed by atoms with Crippen molar-refractivity contribution in [1.82, 2.24) is 0 Å². The highest BCUT2D eigenvalue weighted by molar-refractivity contribution is 7.94. The molecule has 114 valence electrons. The van der Waals surface area contributed by atoms with Crippen LogP contribution in [0.3, 0.4) is 0 Å². The summed E-state index contributed by atoms with van der Waals surface area (Å²) in [6, 6.07) is 6.91. The average Bonchev–Trinajstić information content (AvgIpc) is 2.50. The third kappa shape index (κ3) is 3.82. The van der Waals surface area contributed by atoms with E-state index in [9.17, 15) is 5.11 Å². The third-order valence-electron chi connectivity index (χ3n) is 2.46. The molecule has 0 bridgehead atoms. The first-order valence-corrected chi connectivity index (χ1v) is 6.92. The lowest BCUT2D eigenvalue weighted by Crippen LogP contribution is -1.89. The Labute approximate surface area is 126 Å². The van der Waals surface area contributed by atoms with Gasteiger partial charge in [0.1, 0.15) is 5.69 Å². The Bertz CT molecular complexity index is 634. The molecular weight excluding hydrogens is 294 g/mol. The molecule has 2 aromatic carbocycles. The van der Waals surface area contributed by atoms with E-state index in [1.807, 2.05) is 13.8 Å². The zero-order valence-electron chi connectivity index (χ0n) is 11.9. The summed E-state index contributed by atoms with van der Waals surface area (Å²) in [5, 5.41) is 30.6. The van der Waals surface area contributed by atoms with E-state index in [1.54, 1.807) is 24.3 Å². The molecule has 2 aromatic rings. The second-order valence-corrected chi connectivity index (χ2v) is 4.29. The average molecular weight is 311 g/mol. The fraction of sp³-hybridized carbons (Fsp3) is 0.231. The number of aromatic hydroxyl groups is 1. The number of nitrogens with two attached hydrogens (primary N) is 1. The van der Waals surface area contributed by atoms with Crippen LogP contribution in [0.5, 0.6) is 5.75 Å². The van der Waals surface area contributed by atoms with Crippen LogP contribution in [0.4, 0.5) is 11.4 Å². The van der Waals surface area contributed by atoms with Crippen molar-refractivity contribution in [2.75, 3.05) is 12.8 Å². The molecule has 4 N–H and O–H groups in total. The summed E-state index contributed by atoms with van der Waals surface area (Å²) in [6.07, 6.45) is 0. The van der Waals surface area contributed by atoms with Gasteiger partial charge in [0.25, 0.3) is 0 Å². The summed E-state index contributed by atoms with van der Waals surface area (Å²) in [7, 11) is 1.47. The van der Waals surface area contributed by atoms with Gasteiger partial charge in [-0.05, 0) is 17.5 Å². The first-order valence-electron chi connectivity index (χ1n) is 6.17. The summed E-state index contributed by atoms with van der Waals surface area (Å²) in [5.74, 6) is -0.106. The van der Waals surface area contributed by atoms with Gasteiger partial charge in [0.05, 0.1) is 16.9 Å². The molecule has 2 rings (SSSR count). The molecule has 0 saturated carbocycles. The molecule has 0 atom stereocenters. The molecule has 0 amide bonds. The van der Waals surface area contributed by atoms with Gasteiger partial charge < -0.3 is 10.8 Å². The largest absolute Gasteiger partial charge is 0.505 e. The fourth-order valence-corrected chi connectivity index (χ4v) is 2.23. The number of rotatable bonds is 4. The normalized spacial score (nSPS) is 10.7. The van der Waals surface area contributed by atoms with Crippen molar-refractivity contribution in [1.29, 1.82) is 0 Å². The summed E-state index contributed by atoms with van der Waals surface area (Å²) in [6.45, 7) is 4.00. The molecule has 8 heteroatoms. The predicted molar refractivity (Wildman–Crippen MR) is 82.5 cm³/mol. The minimum absolute atomic E-state index is 0.106. The maximum atomic E-state index is 10.2. The van der Waals surface area contributed by atoms with Crippen molar-refractivity contribution in [2.24, 2.45) is 10.2 Å². The molecule has 0 spiro atoms. The van der Waals surface area contributed by atoms with Gasteiger partial charge in [-0.2, -0.15) is 10.2 Å². The van der Waals surface area contributed by atoms with Crippen molar-refractivity contribution in [3.8, 4) is 5.75 Å². The first-order chi connectivity index (χ1) is 10.2. The molecule has 0 aliphatic rings. The van der Waals surface area contributed by atoms with Gasteiger partial charge in [-0.3, -0.25) is 0 Å². The fourth-order valence-electron chi connectivity index (χ4n) is 1.74. The van der Waals surface area contributed by atoms with Crippen molar-refractivity contribution in [2.45, 2.75) is 18.7 Å². The number of fused-ring (bicyclic) bond motifs is 1. The summed E-state index contributed by atoms with van der Waals surface area (Å²) < 4.78 is 4.37. The van der Waals surface area contributed by atoms with Gasteiger partial charge in [-0.15, -0.1) is 4.33 Å². The van der Waals surface area contributed by atoms with Crippen molar-refractivity contribution < 1.29 is 19.7 Å². The highest BCUT2D eigenvalue weighted by Gasteiger charge is 2.16. The first kappa shape index (κ1) is 17.2. The van der Waals surface area contributed by atoms with Gasteiger partial charge in [0.2, 0.25) is 0 Å². The second-order valence-electron chi connectivity index (χ2n) is 3.54.